The SMILES string of the molecule is COc1ccc2nccc([C@@H](F)CCC3CCN(CCCc4nccs4)CC3CCC(=O)O)c2c1. The van der Waals surface area contributed by atoms with Gasteiger partial charge in [0.15, 0.2) is 0 Å². The van der Waals surface area contributed by atoms with E-state index in [1.165, 1.54) is 0 Å². The number of nitrogens with zero attached hydrogens (tertiary/aromatic N) is 3. The van der Waals surface area contributed by atoms with Gasteiger partial charge in [-0.15, -0.1) is 11.3 Å². The fourth-order valence-electron chi connectivity index (χ4n) is 5.27. The smallest absolute Gasteiger partial charge is 0.303 e. The van der Waals surface area contributed by atoms with E-state index in [9.17, 15) is 9.90 Å². The van der Waals surface area contributed by atoms with Crippen LogP contribution in [-0.2, 0) is 11.2 Å². The summed E-state index contributed by atoms with van der Waals surface area (Å²) in [6, 6.07) is 7.31. The van der Waals surface area contributed by atoms with Crippen LogP contribution in [0.2, 0.25) is 0 Å². The molecule has 0 saturated carbocycles. The molecule has 1 aromatic carbocycles. The number of carbonyl (C=O) groups is 1. The Morgan fingerprint density at radius 2 is 2.14 bits per heavy atom. The van der Waals surface area contributed by atoms with E-state index in [0.717, 1.165) is 61.2 Å². The number of hydrogen-bond donors (Lipinski definition) is 1. The van der Waals surface area contributed by atoms with Crippen LogP contribution in [0.5, 0.6) is 5.75 Å². The summed E-state index contributed by atoms with van der Waals surface area (Å²) in [5, 5.41) is 13.2. The van der Waals surface area contributed by atoms with Crippen LogP contribution < -0.4 is 4.74 Å². The van der Waals surface area contributed by atoms with Crippen molar-refractivity contribution in [2.75, 3.05) is 26.7 Å². The molecular formula is C27H34FN3O3S. The fourth-order valence-corrected chi connectivity index (χ4v) is 5.93. The molecule has 3 aromatic rings. The number of likely N-dealkylation sites (tertiary alicyclic amines) is 1. The Bertz CT molecular complexity index is 1090. The average Bonchev–Trinajstić information content (AvgIpc) is 3.39. The summed E-state index contributed by atoms with van der Waals surface area (Å²) in [4.78, 5) is 22.4. The number of thiazole rings is 1. The van der Waals surface area contributed by atoms with Crippen molar-refractivity contribution in [1.82, 2.24) is 14.9 Å². The van der Waals surface area contributed by atoms with Gasteiger partial charge in [-0.3, -0.25) is 9.78 Å². The molecular weight excluding hydrogens is 465 g/mol. The number of carboxylic acids is 1. The lowest BCUT2D eigenvalue weighted by Crippen LogP contribution is -2.41. The molecule has 1 N–H and O–H groups in total. The molecule has 4 rings (SSSR count). The van der Waals surface area contributed by atoms with Crippen molar-refractivity contribution in [2.45, 2.75) is 51.1 Å². The van der Waals surface area contributed by atoms with Crippen molar-refractivity contribution in [3.05, 3.63) is 52.6 Å². The van der Waals surface area contributed by atoms with Crippen LogP contribution in [0.3, 0.4) is 0 Å². The number of piperidine rings is 1. The molecule has 0 aliphatic carbocycles. The van der Waals surface area contributed by atoms with Gasteiger partial charge in [-0.25, -0.2) is 9.37 Å². The summed E-state index contributed by atoms with van der Waals surface area (Å²) in [6.45, 7) is 2.87. The Morgan fingerprint density at radius 3 is 2.91 bits per heavy atom. The zero-order valence-corrected chi connectivity index (χ0v) is 21.1. The maximum Gasteiger partial charge on any atom is 0.303 e. The van der Waals surface area contributed by atoms with Crippen molar-refractivity contribution < 1.29 is 19.0 Å². The molecule has 35 heavy (non-hydrogen) atoms. The molecule has 188 valence electrons. The summed E-state index contributed by atoms with van der Waals surface area (Å²) in [5.74, 6) is 0.548. The summed E-state index contributed by atoms with van der Waals surface area (Å²) >= 11 is 1.69. The number of aliphatic carboxylic acids is 1. The van der Waals surface area contributed by atoms with E-state index in [1.54, 1.807) is 30.7 Å². The maximum absolute atomic E-state index is 15.5. The van der Waals surface area contributed by atoms with E-state index < -0.39 is 12.1 Å². The number of fused-ring (bicyclic) bond motifs is 1. The molecule has 1 aliphatic rings. The number of methoxy groups -OCH3 is 1. The zero-order chi connectivity index (χ0) is 24.6. The van der Waals surface area contributed by atoms with Crippen LogP contribution in [-0.4, -0.2) is 52.7 Å². The van der Waals surface area contributed by atoms with Gasteiger partial charge in [-0.05, 0) is 86.9 Å². The minimum absolute atomic E-state index is 0.169. The third-order valence-electron chi connectivity index (χ3n) is 7.16. The lowest BCUT2D eigenvalue weighted by atomic mass is 9.79. The van der Waals surface area contributed by atoms with E-state index >= 15 is 4.39 Å². The molecule has 2 aromatic heterocycles. The zero-order valence-electron chi connectivity index (χ0n) is 20.2. The van der Waals surface area contributed by atoms with Crippen LogP contribution >= 0.6 is 11.3 Å². The van der Waals surface area contributed by atoms with Crippen molar-refractivity contribution in [2.24, 2.45) is 11.8 Å². The van der Waals surface area contributed by atoms with Gasteiger partial charge in [0.25, 0.3) is 0 Å². The van der Waals surface area contributed by atoms with E-state index in [0.29, 0.717) is 30.1 Å². The Kier molecular flexibility index (Phi) is 9.04. The Hall–Kier alpha value is -2.58. The van der Waals surface area contributed by atoms with Gasteiger partial charge < -0.3 is 14.7 Å². The average molecular weight is 500 g/mol. The molecule has 1 fully saturated rings. The first-order valence-corrected chi connectivity index (χ1v) is 13.3. The summed E-state index contributed by atoms with van der Waals surface area (Å²) < 4.78 is 20.8. The van der Waals surface area contributed by atoms with Gasteiger partial charge in [-0.1, -0.05) is 0 Å². The van der Waals surface area contributed by atoms with Crippen LogP contribution in [0.4, 0.5) is 4.39 Å². The van der Waals surface area contributed by atoms with Gasteiger partial charge in [-0.2, -0.15) is 0 Å². The second-order valence-electron chi connectivity index (χ2n) is 9.40. The standard InChI is InChI=1S/C27H34FN3O3S/c1-34-21-6-8-25-23(17-21)22(10-12-29-25)24(28)7-4-19-11-15-31(18-20(19)5-9-27(32)33)14-2-3-26-30-13-16-35-26/h6,8,10,12-13,16-17,19-20,24H,2-5,7,9,11,14-15,18H2,1H3,(H,32,33)/t19?,20?,24-/m0/s1. The van der Waals surface area contributed by atoms with Crippen molar-refractivity contribution in [3.8, 4) is 5.75 Å². The van der Waals surface area contributed by atoms with Crippen molar-refractivity contribution in [3.63, 3.8) is 0 Å². The van der Waals surface area contributed by atoms with E-state index in [4.69, 9.17) is 4.74 Å². The molecule has 0 bridgehead atoms. The molecule has 1 saturated heterocycles. The number of ether oxygens (including phenoxy) is 1. The molecule has 3 atom stereocenters. The van der Waals surface area contributed by atoms with Gasteiger partial charge in [0.05, 0.1) is 17.6 Å². The number of carboxylic acid groups (broad SMARTS) is 1. The molecule has 2 unspecified atom stereocenters. The summed E-state index contributed by atoms with van der Waals surface area (Å²) in [5.41, 5.74) is 1.41. The normalized spacial score (nSPS) is 19.6. The number of halogens is 1. The van der Waals surface area contributed by atoms with E-state index in [2.05, 4.69) is 14.9 Å². The van der Waals surface area contributed by atoms with Crippen LogP contribution in [0.1, 0.15) is 55.3 Å². The highest BCUT2D eigenvalue weighted by atomic mass is 32.1. The molecule has 6 nitrogen and oxygen atoms in total. The van der Waals surface area contributed by atoms with Gasteiger partial charge in [0, 0.05) is 42.5 Å². The molecule has 3 heterocycles. The Balaban J connectivity index is 1.36. The second-order valence-corrected chi connectivity index (χ2v) is 10.4. The van der Waals surface area contributed by atoms with Crippen molar-refractivity contribution in [1.29, 1.82) is 0 Å². The maximum atomic E-state index is 15.5. The third kappa shape index (κ3) is 6.98. The molecule has 8 heteroatoms. The number of pyridine rings is 1. The monoisotopic (exact) mass is 499 g/mol. The first kappa shape index (κ1) is 25.5. The Labute approximate surface area is 210 Å². The van der Waals surface area contributed by atoms with Gasteiger partial charge >= 0.3 is 5.97 Å². The Morgan fingerprint density at radius 1 is 1.26 bits per heavy atom. The van der Waals surface area contributed by atoms with Crippen LogP contribution in [0.25, 0.3) is 10.9 Å². The van der Waals surface area contributed by atoms with Crippen LogP contribution in [0.15, 0.2) is 42.0 Å². The van der Waals surface area contributed by atoms with Crippen molar-refractivity contribution >= 4 is 28.2 Å². The minimum Gasteiger partial charge on any atom is -0.497 e. The second kappa shape index (κ2) is 12.4. The fraction of sp³-hybridized carbons (Fsp3) is 0.519. The van der Waals surface area contributed by atoms with Gasteiger partial charge in [0.2, 0.25) is 0 Å². The predicted molar refractivity (Wildman–Crippen MR) is 137 cm³/mol. The highest BCUT2D eigenvalue weighted by Gasteiger charge is 2.30. The highest BCUT2D eigenvalue weighted by molar-refractivity contribution is 7.09. The number of alkyl halides is 1. The number of aromatic nitrogens is 2. The topological polar surface area (TPSA) is 75.5 Å². The predicted octanol–water partition coefficient (Wildman–Crippen LogP) is 5.93. The molecule has 0 radical (unpaired) electrons. The first-order chi connectivity index (χ1) is 17.0. The number of aryl methyl sites for hydroxylation is 1. The van der Waals surface area contributed by atoms with E-state index in [1.807, 2.05) is 29.8 Å². The lowest BCUT2D eigenvalue weighted by molar-refractivity contribution is -0.137. The largest absolute Gasteiger partial charge is 0.497 e. The lowest BCUT2D eigenvalue weighted by Gasteiger charge is -2.39. The van der Waals surface area contributed by atoms with Crippen LogP contribution in [0, 0.1) is 11.8 Å². The minimum atomic E-state index is -1.09. The third-order valence-corrected chi connectivity index (χ3v) is 8.00. The summed E-state index contributed by atoms with van der Waals surface area (Å²) in [6.07, 6.45) is 7.43. The number of hydrogen-bond acceptors (Lipinski definition) is 6. The number of benzene rings is 1. The molecule has 0 spiro atoms. The summed E-state index contributed by atoms with van der Waals surface area (Å²) in [7, 11) is 1.60. The molecule has 1 aliphatic heterocycles. The van der Waals surface area contributed by atoms with E-state index in [-0.39, 0.29) is 12.3 Å². The number of rotatable bonds is 12. The quantitative estimate of drug-likeness (QED) is 0.333. The molecule has 0 amide bonds. The first-order valence-electron chi connectivity index (χ1n) is 12.4. The van der Waals surface area contributed by atoms with Gasteiger partial charge in [0.1, 0.15) is 11.9 Å². The highest BCUT2D eigenvalue weighted by Crippen LogP contribution is 2.36.